The summed E-state index contributed by atoms with van der Waals surface area (Å²) >= 11 is 1.24. The molecule has 0 aliphatic carbocycles. The van der Waals surface area contributed by atoms with Crippen LogP contribution in [0.25, 0.3) is 0 Å². The van der Waals surface area contributed by atoms with E-state index in [0.717, 1.165) is 5.56 Å². The van der Waals surface area contributed by atoms with Crippen LogP contribution in [0.1, 0.15) is 34.9 Å². The minimum Gasteiger partial charge on any atom is -0.476 e. The molecule has 2 aromatic rings. The molecule has 0 fully saturated rings. The van der Waals surface area contributed by atoms with Crippen LogP contribution in [0.4, 0.5) is 0 Å². The van der Waals surface area contributed by atoms with Crippen LogP contribution in [0.5, 0.6) is 0 Å². The predicted molar refractivity (Wildman–Crippen MR) is 89.4 cm³/mol. The van der Waals surface area contributed by atoms with Gasteiger partial charge in [0.1, 0.15) is 5.01 Å². The second-order valence-corrected chi connectivity index (χ2v) is 6.63. The third-order valence-electron chi connectivity index (χ3n) is 3.62. The summed E-state index contributed by atoms with van der Waals surface area (Å²) in [6.07, 6.45) is 0.683. The number of aromatic nitrogens is 1. The van der Waals surface area contributed by atoms with E-state index < -0.39 is 5.97 Å². The molecule has 2 N–H and O–H groups in total. The van der Waals surface area contributed by atoms with Crippen LogP contribution in [0, 0.1) is 11.8 Å². The molecule has 122 valence electrons. The lowest BCUT2D eigenvalue weighted by molar-refractivity contribution is -0.126. The van der Waals surface area contributed by atoms with Gasteiger partial charge in [-0.3, -0.25) is 4.79 Å². The first-order valence-electron chi connectivity index (χ1n) is 7.46. The van der Waals surface area contributed by atoms with E-state index in [0.29, 0.717) is 11.4 Å². The van der Waals surface area contributed by atoms with E-state index in [-0.39, 0.29) is 30.0 Å². The average molecular weight is 332 g/mol. The van der Waals surface area contributed by atoms with Crippen molar-refractivity contribution in [1.29, 1.82) is 0 Å². The highest BCUT2D eigenvalue weighted by molar-refractivity contribution is 7.09. The van der Waals surface area contributed by atoms with Crippen LogP contribution < -0.4 is 5.32 Å². The Kier molecular flexibility index (Phi) is 5.87. The number of benzene rings is 1. The van der Waals surface area contributed by atoms with Gasteiger partial charge in [-0.1, -0.05) is 44.2 Å². The maximum atomic E-state index is 12.5. The van der Waals surface area contributed by atoms with Gasteiger partial charge in [-0.05, 0) is 17.9 Å². The number of aromatic carboxylic acids is 1. The molecule has 1 aromatic carbocycles. The minimum absolute atomic E-state index is 0.0175. The Morgan fingerprint density at radius 1 is 1.26 bits per heavy atom. The van der Waals surface area contributed by atoms with Crippen LogP contribution in [0.2, 0.25) is 0 Å². The van der Waals surface area contributed by atoms with Gasteiger partial charge < -0.3 is 10.4 Å². The molecular weight excluding hydrogens is 312 g/mol. The van der Waals surface area contributed by atoms with Crippen LogP contribution in [0.3, 0.4) is 0 Å². The SMILES string of the molecule is CC(C)C(Cc1ccccc1)C(=O)NCc1nc(C(=O)O)cs1. The molecule has 0 radical (unpaired) electrons. The van der Waals surface area contributed by atoms with Gasteiger partial charge in [0.2, 0.25) is 5.91 Å². The van der Waals surface area contributed by atoms with E-state index >= 15 is 0 Å². The lowest BCUT2D eigenvalue weighted by atomic mass is 9.88. The molecule has 1 atom stereocenters. The highest BCUT2D eigenvalue weighted by Crippen LogP contribution is 2.18. The van der Waals surface area contributed by atoms with Crippen LogP contribution >= 0.6 is 11.3 Å². The number of carbonyl (C=O) groups excluding carboxylic acids is 1. The summed E-state index contributed by atoms with van der Waals surface area (Å²) in [5.41, 5.74) is 1.15. The summed E-state index contributed by atoms with van der Waals surface area (Å²) in [6.45, 7) is 4.31. The molecule has 23 heavy (non-hydrogen) atoms. The zero-order valence-electron chi connectivity index (χ0n) is 13.2. The molecule has 1 aromatic heterocycles. The summed E-state index contributed by atoms with van der Waals surface area (Å²) in [4.78, 5) is 27.2. The maximum absolute atomic E-state index is 12.5. The minimum atomic E-state index is -1.05. The fraction of sp³-hybridized carbons (Fsp3) is 0.353. The average Bonchev–Trinajstić information content (AvgIpc) is 3.00. The molecule has 1 heterocycles. The van der Waals surface area contributed by atoms with Crippen molar-refractivity contribution in [3.8, 4) is 0 Å². The van der Waals surface area contributed by atoms with E-state index in [1.54, 1.807) is 0 Å². The Morgan fingerprint density at radius 3 is 2.52 bits per heavy atom. The van der Waals surface area contributed by atoms with E-state index in [9.17, 15) is 9.59 Å². The Morgan fingerprint density at radius 2 is 1.96 bits per heavy atom. The highest BCUT2D eigenvalue weighted by Gasteiger charge is 2.22. The van der Waals surface area contributed by atoms with E-state index in [4.69, 9.17) is 5.11 Å². The second kappa shape index (κ2) is 7.87. The van der Waals surface area contributed by atoms with Crippen LogP contribution in [-0.4, -0.2) is 22.0 Å². The number of rotatable bonds is 7. The molecule has 2 rings (SSSR count). The van der Waals surface area contributed by atoms with Gasteiger partial charge in [0.25, 0.3) is 0 Å². The first-order chi connectivity index (χ1) is 11.0. The zero-order chi connectivity index (χ0) is 16.8. The summed E-state index contributed by atoms with van der Waals surface area (Å²) in [5, 5.41) is 13.8. The summed E-state index contributed by atoms with van der Waals surface area (Å²) in [7, 11) is 0. The third kappa shape index (κ3) is 4.89. The lowest BCUT2D eigenvalue weighted by Gasteiger charge is -2.20. The van der Waals surface area contributed by atoms with E-state index in [2.05, 4.69) is 10.3 Å². The summed E-state index contributed by atoms with van der Waals surface area (Å²) in [6, 6.07) is 9.92. The van der Waals surface area contributed by atoms with Crippen molar-refractivity contribution in [3.63, 3.8) is 0 Å². The summed E-state index contributed by atoms with van der Waals surface area (Å²) in [5.74, 6) is -1.00. The van der Waals surface area contributed by atoms with Crippen molar-refractivity contribution in [2.45, 2.75) is 26.8 Å². The molecule has 0 saturated carbocycles. The summed E-state index contributed by atoms with van der Waals surface area (Å²) < 4.78 is 0. The molecule has 0 bridgehead atoms. The predicted octanol–water partition coefficient (Wildman–Crippen LogP) is 2.97. The van der Waals surface area contributed by atoms with E-state index in [1.807, 2.05) is 44.2 Å². The first kappa shape index (κ1) is 17.1. The third-order valence-corrected chi connectivity index (χ3v) is 4.47. The molecule has 0 spiro atoms. The number of nitrogens with zero attached hydrogens (tertiary/aromatic N) is 1. The lowest BCUT2D eigenvalue weighted by Crippen LogP contribution is -2.34. The molecule has 1 unspecified atom stereocenters. The van der Waals surface area contributed by atoms with Crippen molar-refractivity contribution >= 4 is 23.2 Å². The maximum Gasteiger partial charge on any atom is 0.355 e. The number of hydrogen-bond donors (Lipinski definition) is 2. The fourth-order valence-corrected chi connectivity index (χ4v) is 2.99. The molecule has 6 heteroatoms. The molecule has 0 aliphatic rings. The number of thiazole rings is 1. The number of amides is 1. The molecule has 0 aliphatic heterocycles. The number of carboxylic acid groups (broad SMARTS) is 1. The van der Waals surface area contributed by atoms with Crippen molar-refractivity contribution < 1.29 is 14.7 Å². The van der Waals surface area contributed by atoms with Crippen molar-refractivity contribution in [2.75, 3.05) is 0 Å². The van der Waals surface area contributed by atoms with Gasteiger partial charge in [-0.15, -0.1) is 11.3 Å². The van der Waals surface area contributed by atoms with Gasteiger partial charge in [0.15, 0.2) is 5.69 Å². The van der Waals surface area contributed by atoms with Gasteiger partial charge in [0.05, 0.1) is 6.54 Å². The normalized spacial score (nSPS) is 12.1. The fourth-order valence-electron chi connectivity index (χ4n) is 2.28. The molecule has 5 nitrogen and oxygen atoms in total. The largest absolute Gasteiger partial charge is 0.476 e. The van der Waals surface area contributed by atoms with Gasteiger partial charge in [-0.2, -0.15) is 0 Å². The number of carbonyl (C=O) groups is 2. The number of hydrogen-bond acceptors (Lipinski definition) is 4. The molecular formula is C17H20N2O3S. The number of carboxylic acids is 1. The Labute approximate surface area is 139 Å². The molecule has 1 amide bonds. The van der Waals surface area contributed by atoms with Crippen LogP contribution in [0.15, 0.2) is 35.7 Å². The van der Waals surface area contributed by atoms with Gasteiger partial charge in [0, 0.05) is 11.3 Å². The van der Waals surface area contributed by atoms with Crippen LogP contribution in [-0.2, 0) is 17.8 Å². The Balaban J connectivity index is 1.96. The van der Waals surface area contributed by atoms with Gasteiger partial charge in [-0.25, -0.2) is 9.78 Å². The zero-order valence-corrected chi connectivity index (χ0v) is 14.0. The Hall–Kier alpha value is -2.21. The topological polar surface area (TPSA) is 79.3 Å². The Bertz CT molecular complexity index is 667. The standard InChI is InChI=1S/C17H20N2O3S/c1-11(2)13(8-12-6-4-3-5-7-12)16(20)18-9-15-19-14(10-23-15)17(21)22/h3-7,10-11,13H,8-9H2,1-2H3,(H,18,20)(H,21,22). The van der Waals surface area contributed by atoms with Crippen molar-refractivity contribution in [1.82, 2.24) is 10.3 Å². The van der Waals surface area contributed by atoms with Crippen molar-refractivity contribution in [3.05, 3.63) is 52.0 Å². The van der Waals surface area contributed by atoms with Gasteiger partial charge >= 0.3 is 5.97 Å². The first-order valence-corrected chi connectivity index (χ1v) is 8.34. The highest BCUT2D eigenvalue weighted by atomic mass is 32.1. The quantitative estimate of drug-likeness (QED) is 0.817. The number of nitrogens with one attached hydrogen (secondary N) is 1. The monoisotopic (exact) mass is 332 g/mol. The van der Waals surface area contributed by atoms with E-state index in [1.165, 1.54) is 16.7 Å². The van der Waals surface area contributed by atoms with Crippen molar-refractivity contribution in [2.24, 2.45) is 11.8 Å². The smallest absolute Gasteiger partial charge is 0.355 e. The molecule has 0 saturated heterocycles. The second-order valence-electron chi connectivity index (χ2n) is 5.69.